The number of benzene rings is 3. The van der Waals surface area contributed by atoms with Crippen molar-refractivity contribution >= 4 is 17.5 Å². The standard InChI is InChI=1S/C28H21ClF5N7O3/c29-18-7-5-17(6-8-18)25-38-40(27(44)39(25)13-23(42)28(32,33)34)14-24-36-15-41(37-24)22-4-2-1-3-21(22)26(43)35-12-16-9-19(30)11-20(31)10-16/h1-11,15,23,42H,12-14H2,(H,35,43)/t23-/m0/s1. The molecule has 1 atom stereocenters. The van der Waals surface area contributed by atoms with Crippen LogP contribution in [0, 0.1) is 11.6 Å². The molecule has 0 aliphatic carbocycles. The van der Waals surface area contributed by atoms with Crippen LogP contribution >= 0.6 is 11.6 Å². The summed E-state index contributed by atoms with van der Waals surface area (Å²) in [5.74, 6) is -2.26. The first-order valence-electron chi connectivity index (χ1n) is 12.8. The summed E-state index contributed by atoms with van der Waals surface area (Å²) >= 11 is 5.91. The van der Waals surface area contributed by atoms with Gasteiger partial charge in [-0.3, -0.25) is 9.36 Å². The van der Waals surface area contributed by atoms with E-state index in [9.17, 15) is 36.6 Å². The number of carbonyl (C=O) groups is 1. The third kappa shape index (κ3) is 6.84. The zero-order valence-corrected chi connectivity index (χ0v) is 23.1. The third-order valence-corrected chi connectivity index (χ3v) is 6.61. The molecule has 0 spiro atoms. The van der Waals surface area contributed by atoms with Crippen LogP contribution < -0.4 is 11.0 Å². The molecule has 2 aromatic heterocycles. The van der Waals surface area contributed by atoms with Crippen LogP contribution in [0.2, 0.25) is 5.02 Å². The topological polar surface area (TPSA) is 120 Å². The van der Waals surface area contributed by atoms with Crippen molar-refractivity contribution in [3.8, 4) is 17.1 Å². The number of amides is 1. The van der Waals surface area contributed by atoms with Crippen LogP contribution in [-0.2, 0) is 19.6 Å². The molecule has 2 heterocycles. The molecule has 0 aliphatic heterocycles. The first-order valence-corrected chi connectivity index (χ1v) is 13.2. The van der Waals surface area contributed by atoms with Crippen LogP contribution in [0.4, 0.5) is 22.0 Å². The van der Waals surface area contributed by atoms with Gasteiger partial charge < -0.3 is 10.4 Å². The number of aliphatic hydroxyl groups excluding tert-OH is 1. The van der Waals surface area contributed by atoms with Crippen molar-refractivity contribution in [3.63, 3.8) is 0 Å². The van der Waals surface area contributed by atoms with Gasteiger partial charge >= 0.3 is 11.9 Å². The third-order valence-electron chi connectivity index (χ3n) is 6.36. The van der Waals surface area contributed by atoms with E-state index in [1.807, 2.05) is 0 Å². The Hall–Kier alpha value is -4.89. The van der Waals surface area contributed by atoms with Gasteiger partial charge in [-0.15, -0.1) is 10.2 Å². The van der Waals surface area contributed by atoms with E-state index in [1.54, 1.807) is 18.2 Å². The molecule has 0 saturated heterocycles. The second-order valence-electron chi connectivity index (χ2n) is 9.52. The molecule has 10 nitrogen and oxygen atoms in total. The van der Waals surface area contributed by atoms with Crippen molar-refractivity contribution in [2.75, 3.05) is 0 Å². The van der Waals surface area contributed by atoms with Crippen molar-refractivity contribution in [1.82, 2.24) is 34.4 Å². The minimum atomic E-state index is -4.98. The molecule has 44 heavy (non-hydrogen) atoms. The number of para-hydroxylation sites is 1. The van der Waals surface area contributed by atoms with Crippen molar-refractivity contribution in [2.45, 2.75) is 31.9 Å². The zero-order chi connectivity index (χ0) is 31.6. The maximum absolute atomic E-state index is 13.5. The molecule has 0 unspecified atom stereocenters. The van der Waals surface area contributed by atoms with Gasteiger partial charge in [0.15, 0.2) is 17.8 Å². The maximum atomic E-state index is 13.5. The molecule has 228 valence electrons. The van der Waals surface area contributed by atoms with Crippen LogP contribution in [-0.4, -0.2) is 52.4 Å². The van der Waals surface area contributed by atoms with E-state index in [0.29, 0.717) is 15.7 Å². The number of aromatic nitrogens is 6. The van der Waals surface area contributed by atoms with E-state index in [-0.39, 0.29) is 47.1 Å². The number of hydrogen-bond donors (Lipinski definition) is 2. The first kappa shape index (κ1) is 30.6. The molecule has 0 fully saturated rings. The minimum Gasteiger partial charge on any atom is -0.382 e. The van der Waals surface area contributed by atoms with E-state index in [2.05, 4.69) is 20.5 Å². The Labute approximate surface area is 250 Å². The number of nitrogens with zero attached hydrogens (tertiary/aromatic N) is 6. The second-order valence-corrected chi connectivity index (χ2v) is 9.96. The zero-order valence-electron chi connectivity index (χ0n) is 22.3. The lowest BCUT2D eigenvalue weighted by atomic mass is 10.1. The Bertz CT molecular complexity index is 1850. The highest BCUT2D eigenvalue weighted by molar-refractivity contribution is 6.30. The van der Waals surface area contributed by atoms with Gasteiger partial charge in [-0.2, -0.15) is 13.2 Å². The molecule has 0 aliphatic rings. The highest BCUT2D eigenvalue weighted by atomic mass is 35.5. The molecule has 16 heteroatoms. The molecule has 3 aromatic carbocycles. The number of aliphatic hydroxyl groups is 1. The van der Waals surface area contributed by atoms with E-state index >= 15 is 0 Å². The summed E-state index contributed by atoms with van der Waals surface area (Å²) in [6, 6.07) is 15.0. The van der Waals surface area contributed by atoms with Crippen LogP contribution in [0.15, 0.2) is 77.9 Å². The Morgan fingerprint density at radius 1 is 1.00 bits per heavy atom. The summed E-state index contributed by atoms with van der Waals surface area (Å²) in [5.41, 5.74) is -0.0418. The van der Waals surface area contributed by atoms with Crippen LogP contribution in [0.5, 0.6) is 0 Å². The van der Waals surface area contributed by atoms with Gasteiger partial charge in [-0.25, -0.2) is 27.9 Å². The Balaban J connectivity index is 1.40. The summed E-state index contributed by atoms with van der Waals surface area (Å²) < 4.78 is 69.2. The highest BCUT2D eigenvalue weighted by Gasteiger charge is 2.39. The van der Waals surface area contributed by atoms with Crippen molar-refractivity contribution in [3.05, 3.63) is 117 Å². The smallest absolute Gasteiger partial charge is 0.382 e. The average molecular weight is 634 g/mol. The van der Waals surface area contributed by atoms with Gasteiger partial charge in [-0.1, -0.05) is 23.7 Å². The normalized spacial score (nSPS) is 12.3. The van der Waals surface area contributed by atoms with E-state index in [0.717, 1.165) is 16.8 Å². The molecular weight excluding hydrogens is 613 g/mol. The molecule has 0 bridgehead atoms. The number of hydrogen-bond acceptors (Lipinski definition) is 6. The number of nitrogens with one attached hydrogen (secondary N) is 1. The Morgan fingerprint density at radius 2 is 1.68 bits per heavy atom. The van der Waals surface area contributed by atoms with Crippen LogP contribution in [0.1, 0.15) is 21.7 Å². The predicted molar refractivity (Wildman–Crippen MR) is 147 cm³/mol. The van der Waals surface area contributed by atoms with Crippen LogP contribution in [0.3, 0.4) is 0 Å². The summed E-state index contributed by atoms with van der Waals surface area (Å²) in [7, 11) is 0. The molecule has 0 radical (unpaired) electrons. The predicted octanol–water partition coefficient (Wildman–Crippen LogP) is 4.13. The fourth-order valence-corrected chi connectivity index (χ4v) is 4.40. The lowest BCUT2D eigenvalue weighted by Gasteiger charge is -2.15. The summed E-state index contributed by atoms with van der Waals surface area (Å²) in [4.78, 5) is 30.2. The number of alkyl halides is 3. The van der Waals surface area contributed by atoms with Gasteiger partial charge in [0.25, 0.3) is 5.91 Å². The van der Waals surface area contributed by atoms with E-state index in [1.165, 1.54) is 41.3 Å². The van der Waals surface area contributed by atoms with Gasteiger partial charge in [0, 0.05) is 23.2 Å². The van der Waals surface area contributed by atoms with E-state index < -0.39 is 42.1 Å². The largest absolute Gasteiger partial charge is 0.416 e. The number of halogens is 6. The molecule has 5 aromatic rings. The van der Waals surface area contributed by atoms with Crippen molar-refractivity contribution in [2.24, 2.45) is 0 Å². The lowest BCUT2D eigenvalue weighted by Crippen LogP contribution is -2.37. The minimum absolute atomic E-state index is 0.0289. The summed E-state index contributed by atoms with van der Waals surface area (Å²) in [6.07, 6.45) is -6.55. The number of carbonyl (C=O) groups excluding carboxylic acids is 1. The molecule has 0 saturated carbocycles. The van der Waals surface area contributed by atoms with Gasteiger partial charge in [-0.05, 0) is 54.1 Å². The summed E-state index contributed by atoms with van der Waals surface area (Å²) in [6.45, 7) is -1.62. The summed E-state index contributed by atoms with van der Waals surface area (Å²) in [5, 5.41) is 21.1. The molecule has 2 N–H and O–H groups in total. The fraction of sp³-hybridized carbons (Fsp3) is 0.179. The SMILES string of the molecule is O=C(NCc1cc(F)cc(F)c1)c1ccccc1-n1cnc(Cn2nc(-c3ccc(Cl)cc3)n(C[C@H](O)C(F)(F)F)c2=O)n1. The highest BCUT2D eigenvalue weighted by Crippen LogP contribution is 2.24. The second kappa shape index (κ2) is 12.4. The average Bonchev–Trinajstić information content (AvgIpc) is 3.56. The Morgan fingerprint density at radius 3 is 2.36 bits per heavy atom. The fourth-order valence-electron chi connectivity index (χ4n) is 4.27. The number of rotatable bonds is 9. The first-order chi connectivity index (χ1) is 20.9. The molecule has 5 rings (SSSR count). The maximum Gasteiger partial charge on any atom is 0.416 e. The Kier molecular flexibility index (Phi) is 8.60. The quantitative estimate of drug-likeness (QED) is 0.236. The van der Waals surface area contributed by atoms with Gasteiger partial charge in [0.05, 0.1) is 17.8 Å². The van der Waals surface area contributed by atoms with Gasteiger partial charge in [0.1, 0.15) is 24.5 Å². The lowest BCUT2D eigenvalue weighted by molar-refractivity contribution is -0.207. The monoisotopic (exact) mass is 633 g/mol. The van der Waals surface area contributed by atoms with Gasteiger partial charge in [0.2, 0.25) is 0 Å². The van der Waals surface area contributed by atoms with E-state index in [4.69, 9.17) is 11.6 Å². The molecular formula is C28H21ClF5N7O3. The van der Waals surface area contributed by atoms with Crippen LogP contribution in [0.25, 0.3) is 17.1 Å². The van der Waals surface area contributed by atoms with Crippen molar-refractivity contribution < 1.29 is 31.9 Å². The van der Waals surface area contributed by atoms with Crippen molar-refractivity contribution in [1.29, 1.82) is 0 Å². The molecule has 1 amide bonds.